The zero-order valence-corrected chi connectivity index (χ0v) is 10.3. The van der Waals surface area contributed by atoms with Gasteiger partial charge in [-0.2, -0.15) is 0 Å². The van der Waals surface area contributed by atoms with Gasteiger partial charge in [-0.25, -0.2) is 9.78 Å². The zero-order valence-electron chi connectivity index (χ0n) is 10.3. The van der Waals surface area contributed by atoms with Crippen molar-refractivity contribution in [2.24, 2.45) is 0 Å². The van der Waals surface area contributed by atoms with E-state index in [0.717, 1.165) is 17.2 Å². The van der Waals surface area contributed by atoms with Crippen LogP contribution in [-0.2, 0) is 4.79 Å². The van der Waals surface area contributed by atoms with Gasteiger partial charge >= 0.3 is 5.97 Å². The van der Waals surface area contributed by atoms with Crippen LogP contribution in [0.15, 0.2) is 30.5 Å². The Labute approximate surface area is 105 Å². The lowest BCUT2D eigenvalue weighted by molar-refractivity contribution is -0.139. The lowest BCUT2D eigenvalue weighted by Crippen LogP contribution is -2.09. The molecule has 0 spiro atoms. The van der Waals surface area contributed by atoms with Gasteiger partial charge in [0.05, 0.1) is 5.69 Å². The van der Waals surface area contributed by atoms with E-state index in [1.807, 2.05) is 36.7 Å². The number of benzene rings is 1. The molecule has 18 heavy (non-hydrogen) atoms. The van der Waals surface area contributed by atoms with Gasteiger partial charge < -0.3 is 14.4 Å². The van der Waals surface area contributed by atoms with Crippen LogP contribution in [0.1, 0.15) is 11.5 Å². The fraction of sp³-hybridized carbons (Fsp3) is 0.231. The zero-order chi connectivity index (χ0) is 13.1. The first-order valence-electron chi connectivity index (χ1n) is 5.54. The second-order valence-electron chi connectivity index (χ2n) is 3.98. The van der Waals surface area contributed by atoms with Crippen molar-refractivity contribution in [3.8, 4) is 11.4 Å². The van der Waals surface area contributed by atoms with Crippen LogP contribution in [0, 0.1) is 13.8 Å². The maximum Gasteiger partial charge on any atom is 0.341 e. The summed E-state index contributed by atoms with van der Waals surface area (Å²) in [6.45, 7) is 3.54. The van der Waals surface area contributed by atoms with Gasteiger partial charge in [0.15, 0.2) is 6.61 Å². The number of carbonyl (C=O) groups is 1. The Kier molecular flexibility index (Phi) is 3.32. The first-order valence-corrected chi connectivity index (χ1v) is 5.54. The second-order valence-corrected chi connectivity index (χ2v) is 3.98. The lowest BCUT2D eigenvalue weighted by atomic mass is 10.3. The molecule has 1 heterocycles. The number of ether oxygens (including phenoxy) is 1. The van der Waals surface area contributed by atoms with E-state index in [-0.39, 0.29) is 6.61 Å². The summed E-state index contributed by atoms with van der Waals surface area (Å²) in [4.78, 5) is 14.7. The highest BCUT2D eigenvalue weighted by molar-refractivity contribution is 5.68. The molecule has 0 unspecified atom stereocenters. The van der Waals surface area contributed by atoms with Crippen LogP contribution >= 0.6 is 0 Å². The van der Waals surface area contributed by atoms with Gasteiger partial charge in [-0.1, -0.05) is 0 Å². The SMILES string of the molecule is Cc1cn(-c2ccc(OCC(=O)O)cc2)c(C)n1. The number of nitrogens with zero attached hydrogens (tertiary/aromatic N) is 2. The topological polar surface area (TPSA) is 64.3 Å². The molecule has 0 saturated heterocycles. The quantitative estimate of drug-likeness (QED) is 0.895. The van der Waals surface area contributed by atoms with Crippen LogP contribution in [0.3, 0.4) is 0 Å². The molecule has 2 rings (SSSR count). The smallest absolute Gasteiger partial charge is 0.341 e. The number of imidazole rings is 1. The Morgan fingerprint density at radius 3 is 2.50 bits per heavy atom. The van der Waals surface area contributed by atoms with E-state index in [0.29, 0.717) is 5.75 Å². The summed E-state index contributed by atoms with van der Waals surface area (Å²) in [6.07, 6.45) is 1.95. The summed E-state index contributed by atoms with van der Waals surface area (Å²) in [5.41, 5.74) is 1.93. The highest BCUT2D eigenvalue weighted by Crippen LogP contribution is 2.17. The molecule has 0 saturated carbocycles. The standard InChI is InChI=1S/C13H14N2O3/c1-9-7-15(10(2)14-9)11-3-5-12(6-4-11)18-8-13(16)17/h3-7H,8H2,1-2H3,(H,16,17). The molecule has 0 aliphatic heterocycles. The number of hydrogen-bond donors (Lipinski definition) is 1. The molecule has 5 heteroatoms. The van der Waals surface area contributed by atoms with E-state index in [9.17, 15) is 4.79 Å². The van der Waals surface area contributed by atoms with Crippen molar-refractivity contribution < 1.29 is 14.6 Å². The number of aliphatic carboxylic acids is 1. The van der Waals surface area contributed by atoms with Gasteiger partial charge in [0.2, 0.25) is 0 Å². The summed E-state index contributed by atoms with van der Waals surface area (Å²) in [6, 6.07) is 7.22. The summed E-state index contributed by atoms with van der Waals surface area (Å²) < 4.78 is 7.04. The van der Waals surface area contributed by atoms with Gasteiger partial charge in [0.1, 0.15) is 11.6 Å². The highest BCUT2D eigenvalue weighted by atomic mass is 16.5. The molecule has 1 aromatic heterocycles. The number of carboxylic acids is 1. The van der Waals surface area contributed by atoms with E-state index in [1.54, 1.807) is 12.1 Å². The van der Waals surface area contributed by atoms with Gasteiger partial charge in [0.25, 0.3) is 0 Å². The van der Waals surface area contributed by atoms with Crippen LogP contribution < -0.4 is 4.74 Å². The summed E-state index contributed by atoms with van der Waals surface area (Å²) in [5, 5.41) is 8.51. The average Bonchev–Trinajstić information content (AvgIpc) is 2.66. The minimum atomic E-state index is -0.986. The van der Waals surface area contributed by atoms with Gasteiger partial charge in [-0.3, -0.25) is 0 Å². The summed E-state index contributed by atoms with van der Waals surface area (Å²) in [5.74, 6) is 0.461. The monoisotopic (exact) mass is 246 g/mol. The van der Waals surface area contributed by atoms with Crippen LogP contribution in [0.25, 0.3) is 5.69 Å². The third-order valence-electron chi connectivity index (χ3n) is 2.48. The van der Waals surface area contributed by atoms with Crippen molar-refractivity contribution in [3.05, 3.63) is 42.0 Å². The molecular formula is C13H14N2O3. The van der Waals surface area contributed by atoms with Crippen molar-refractivity contribution in [1.29, 1.82) is 0 Å². The van der Waals surface area contributed by atoms with Gasteiger partial charge in [-0.05, 0) is 38.1 Å². The highest BCUT2D eigenvalue weighted by Gasteiger charge is 2.04. The molecule has 2 aromatic rings. The number of hydrogen-bond acceptors (Lipinski definition) is 3. The molecular weight excluding hydrogens is 232 g/mol. The molecule has 0 aliphatic rings. The molecule has 0 radical (unpaired) electrons. The molecule has 0 fully saturated rings. The predicted molar refractivity (Wildman–Crippen MR) is 66.2 cm³/mol. The third-order valence-corrected chi connectivity index (χ3v) is 2.48. The molecule has 1 aromatic carbocycles. The molecule has 1 N–H and O–H groups in total. The molecule has 5 nitrogen and oxygen atoms in total. The van der Waals surface area contributed by atoms with Crippen molar-refractivity contribution in [1.82, 2.24) is 9.55 Å². The van der Waals surface area contributed by atoms with Crippen molar-refractivity contribution in [2.45, 2.75) is 13.8 Å². The second kappa shape index (κ2) is 4.91. The largest absolute Gasteiger partial charge is 0.482 e. The molecule has 0 bridgehead atoms. The van der Waals surface area contributed by atoms with Crippen LogP contribution in [0.2, 0.25) is 0 Å². The van der Waals surface area contributed by atoms with E-state index in [4.69, 9.17) is 9.84 Å². The van der Waals surface area contributed by atoms with E-state index >= 15 is 0 Å². The molecule has 0 amide bonds. The van der Waals surface area contributed by atoms with E-state index < -0.39 is 5.97 Å². The van der Waals surface area contributed by atoms with Crippen molar-refractivity contribution >= 4 is 5.97 Å². The van der Waals surface area contributed by atoms with E-state index in [1.165, 1.54) is 0 Å². The maximum atomic E-state index is 10.4. The van der Waals surface area contributed by atoms with Gasteiger partial charge in [0, 0.05) is 11.9 Å². The Balaban J connectivity index is 2.17. The van der Waals surface area contributed by atoms with Crippen LogP contribution in [0.4, 0.5) is 0 Å². The Hall–Kier alpha value is -2.30. The summed E-state index contributed by atoms with van der Waals surface area (Å²) >= 11 is 0. The Morgan fingerprint density at radius 1 is 1.33 bits per heavy atom. The fourth-order valence-corrected chi connectivity index (χ4v) is 1.73. The first kappa shape index (κ1) is 12.2. The van der Waals surface area contributed by atoms with Crippen LogP contribution in [0.5, 0.6) is 5.75 Å². The lowest BCUT2D eigenvalue weighted by Gasteiger charge is -2.07. The maximum absolute atomic E-state index is 10.4. The molecule has 0 atom stereocenters. The average molecular weight is 246 g/mol. The van der Waals surface area contributed by atoms with Crippen molar-refractivity contribution in [3.63, 3.8) is 0 Å². The van der Waals surface area contributed by atoms with Gasteiger partial charge in [-0.15, -0.1) is 0 Å². The predicted octanol–water partition coefficient (Wildman–Crippen LogP) is 1.95. The molecule has 0 aliphatic carbocycles. The number of aryl methyl sites for hydroxylation is 2. The minimum absolute atomic E-state index is 0.331. The van der Waals surface area contributed by atoms with E-state index in [2.05, 4.69) is 4.98 Å². The first-order chi connectivity index (χ1) is 8.56. The number of aromatic nitrogens is 2. The number of rotatable bonds is 4. The Bertz CT molecular complexity index is 558. The van der Waals surface area contributed by atoms with Crippen molar-refractivity contribution in [2.75, 3.05) is 6.61 Å². The summed E-state index contributed by atoms with van der Waals surface area (Å²) in [7, 11) is 0. The number of carboxylic acid groups (broad SMARTS) is 1. The minimum Gasteiger partial charge on any atom is -0.482 e. The third kappa shape index (κ3) is 2.68. The normalized spacial score (nSPS) is 10.3. The molecule has 94 valence electrons. The van der Waals surface area contributed by atoms with Crippen LogP contribution in [-0.4, -0.2) is 27.2 Å². The fourth-order valence-electron chi connectivity index (χ4n) is 1.73. The Morgan fingerprint density at radius 2 is 2.00 bits per heavy atom.